The molecule has 2 rings (SSSR count). The van der Waals surface area contributed by atoms with Gasteiger partial charge in [0.2, 0.25) is 0 Å². The van der Waals surface area contributed by atoms with Gasteiger partial charge in [-0.2, -0.15) is 0 Å². The van der Waals surface area contributed by atoms with E-state index in [1.165, 1.54) is 12.1 Å². The molecule has 5 heteroatoms. The first-order valence-corrected chi connectivity index (χ1v) is 5.60. The normalized spacial score (nSPS) is 16.6. The Bertz CT molecular complexity index is 441. The molecule has 1 N–H and O–H groups in total. The van der Waals surface area contributed by atoms with Crippen molar-refractivity contribution in [2.75, 3.05) is 14.2 Å². The number of methoxy groups -OCH3 is 1. The molecule has 0 bridgehead atoms. The van der Waals surface area contributed by atoms with Gasteiger partial charge >= 0.3 is 0 Å². The largest absolute Gasteiger partial charge is 0.496 e. The number of ether oxygens (including phenoxy) is 1. The Labute approximate surface area is 99.9 Å². The van der Waals surface area contributed by atoms with Crippen molar-refractivity contribution in [3.05, 3.63) is 33.9 Å². The van der Waals surface area contributed by atoms with Gasteiger partial charge in [0.1, 0.15) is 5.75 Å². The van der Waals surface area contributed by atoms with Crippen molar-refractivity contribution in [3.8, 4) is 5.75 Å². The van der Waals surface area contributed by atoms with Gasteiger partial charge < -0.3 is 10.1 Å². The average Bonchev–Trinajstić information content (AvgIpc) is 3.10. The Morgan fingerprint density at radius 3 is 2.71 bits per heavy atom. The molecule has 1 aliphatic rings. The summed E-state index contributed by atoms with van der Waals surface area (Å²) in [5.74, 6) is 0.598. The van der Waals surface area contributed by atoms with Gasteiger partial charge in [0.05, 0.1) is 18.1 Å². The first-order chi connectivity index (χ1) is 8.10. The van der Waals surface area contributed by atoms with Crippen LogP contribution in [0.1, 0.15) is 18.4 Å². The van der Waals surface area contributed by atoms with Gasteiger partial charge in [0, 0.05) is 11.6 Å². The van der Waals surface area contributed by atoms with E-state index < -0.39 is 4.92 Å². The van der Waals surface area contributed by atoms with Crippen LogP contribution in [-0.2, 0) is 6.42 Å². The summed E-state index contributed by atoms with van der Waals surface area (Å²) < 4.78 is 5.22. The van der Waals surface area contributed by atoms with Crippen LogP contribution in [-0.4, -0.2) is 24.6 Å². The second-order valence-corrected chi connectivity index (χ2v) is 4.46. The number of nitro benzene ring substituents is 1. The maximum absolute atomic E-state index is 10.7. The third-order valence-electron chi connectivity index (χ3n) is 3.39. The number of hydrogen-bond acceptors (Lipinski definition) is 4. The third kappa shape index (κ3) is 2.39. The van der Waals surface area contributed by atoms with Crippen molar-refractivity contribution in [3.63, 3.8) is 0 Å². The Morgan fingerprint density at radius 2 is 2.24 bits per heavy atom. The minimum absolute atomic E-state index is 0.0694. The van der Waals surface area contributed by atoms with E-state index in [1.807, 2.05) is 7.05 Å². The summed E-state index contributed by atoms with van der Waals surface area (Å²) >= 11 is 0. The molecule has 0 saturated heterocycles. The van der Waals surface area contributed by atoms with Crippen LogP contribution in [0.25, 0.3) is 0 Å². The topological polar surface area (TPSA) is 64.4 Å². The molecule has 1 aliphatic carbocycles. The van der Waals surface area contributed by atoms with Gasteiger partial charge in [-0.3, -0.25) is 10.1 Å². The molecule has 0 heterocycles. The molecule has 0 amide bonds. The summed E-state index contributed by atoms with van der Waals surface area (Å²) in [4.78, 5) is 10.3. The molecule has 17 heavy (non-hydrogen) atoms. The fourth-order valence-electron chi connectivity index (χ4n) is 2.02. The average molecular weight is 236 g/mol. The predicted octanol–water partition coefficient (Wildman–Crippen LogP) is 1.90. The van der Waals surface area contributed by atoms with Crippen molar-refractivity contribution < 1.29 is 9.66 Å². The van der Waals surface area contributed by atoms with Crippen LogP contribution < -0.4 is 10.1 Å². The predicted molar refractivity (Wildman–Crippen MR) is 64.4 cm³/mol. The molecule has 1 aromatic carbocycles. The van der Waals surface area contributed by atoms with Gasteiger partial charge in [0.15, 0.2) is 0 Å². The van der Waals surface area contributed by atoms with Crippen LogP contribution >= 0.6 is 0 Å². The quantitative estimate of drug-likeness (QED) is 0.626. The SMILES string of the molecule is CNC1(Cc2ccc([N+](=O)[O-])cc2OC)CC1. The zero-order chi connectivity index (χ0) is 12.5. The number of nitrogens with zero attached hydrogens (tertiary/aromatic N) is 1. The molecule has 1 aromatic rings. The Morgan fingerprint density at radius 1 is 1.53 bits per heavy atom. The molecule has 5 nitrogen and oxygen atoms in total. The monoisotopic (exact) mass is 236 g/mol. The molecule has 0 aliphatic heterocycles. The Kier molecular flexibility index (Phi) is 3.02. The van der Waals surface area contributed by atoms with E-state index in [4.69, 9.17) is 4.74 Å². The smallest absolute Gasteiger partial charge is 0.273 e. The van der Waals surface area contributed by atoms with Gasteiger partial charge in [-0.15, -0.1) is 0 Å². The van der Waals surface area contributed by atoms with Crippen molar-refractivity contribution in [2.45, 2.75) is 24.8 Å². The van der Waals surface area contributed by atoms with E-state index in [1.54, 1.807) is 13.2 Å². The second kappa shape index (κ2) is 4.33. The summed E-state index contributed by atoms with van der Waals surface area (Å²) in [7, 11) is 3.49. The zero-order valence-electron chi connectivity index (χ0n) is 10.0. The lowest BCUT2D eigenvalue weighted by atomic mass is 10.0. The summed E-state index contributed by atoms with van der Waals surface area (Å²) in [5.41, 5.74) is 1.26. The molecule has 1 saturated carbocycles. The lowest BCUT2D eigenvalue weighted by Crippen LogP contribution is -2.29. The lowest BCUT2D eigenvalue weighted by molar-refractivity contribution is -0.384. The lowest BCUT2D eigenvalue weighted by Gasteiger charge is -2.16. The van der Waals surface area contributed by atoms with Crippen LogP contribution in [0.2, 0.25) is 0 Å². The summed E-state index contributed by atoms with van der Waals surface area (Å²) in [6, 6.07) is 4.80. The van der Waals surface area contributed by atoms with Gasteiger partial charge in [0.25, 0.3) is 5.69 Å². The van der Waals surface area contributed by atoms with E-state index in [0.717, 1.165) is 24.8 Å². The van der Waals surface area contributed by atoms with Crippen molar-refractivity contribution in [1.82, 2.24) is 5.32 Å². The van der Waals surface area contributed by atoms with E-state index >= 15 is 0 Å². The van der Waals surface area contributed by atoms with E-state index in [0.29, 0.717) is 5.75 Å². The number of rotatable bonds is 5. The molecule has 0 atom stereocenters. The molecule has 1 fully saturated rings. The number of nitro groups is 1. The molecular weight excluding hydrogens is 220 g/mol. The second-order valence-electron chi connectivity index (χ2n) is 4.46. The van der Waals surface area contributed by atoms with E-state index in [-0.39, 0.29) is 11.2 Å². The van der Waals surface area contributed by atoms with Crippen molar-refractivity contribution >= 4 is 5.69 Å². The summed E-state index contributed by atoms with van der Waals surface area (Å²) in [5, 5.41) is 14.0. The van der Waals surface area contributed by atoms with Gasteiger partial charge in [-0.05, 0) is 37.9 Å². The first kappa shape index (κ1) is 11.9. The molecule has 0 radical (unpaired) electrons. The van der Waals surface area contributed by atoms with E-state index in [2.05, 4.69) is 5.32 Å². The standard InChI is InChI=1S/C12H16N2O3/c1-13-12(5-6-12)8-9-3-4-10(14(15)16)7-11(9)17-2/h3-4,7,13H,5-6,8H2,1-2H3. The highest BCUT2D eigenvalue weighted by molar-refractivity contribution is 5.45. The fourth-order valence-corrected chi connectivity index (χ4v) is 2.02. The zero-order valence-corrected chi connectivity index (χ0v) is 10.0. The van der Waals surface area contributed by atoms with Crippen molar-refractivity contribution in [1.29, 1.82) is 0 Å². The molecule has 92 valence electrons. The van der Waals surface area contributed by atoms with Crippen LogP contribution in [0, 0.1) is 10.1 Å². The highest BCUT2D eigenvalue weighted by Crippen LogP contribution is 2.40. The van der Waals surface area contributed by atoms with Gasteiger partial charge in [-0.25, -0.2) is 0 Å². The van der Waals surface area contributed by atoms with Crippen LogP contribution in [0.5, 0.6) is 5.75 Å². The first-order valence-electron chi connectivity index (χ1n) is 5.60. The van der Waals surface area contributed by atoms with Crippen LogP contribution in [0.15, 0.2) is 18.2 Å². The number of likely N-dealkylation sites (N-methyl/N-ethyl adjacent to an activating group) is 1. The Balaban J connectivity index is 2.25. The highest BCUT2D eigenvalue weighted by Gasteiger charge is 2.41. The van der Waals surface area contributed by atoms with Gasteiger partial charge in [-0.1, -0.05) is 0 Å². The number of nitrogens with one attached hydrogen (secondary N) is 1. The minimum atomic E-state index is -0.405. The maximum atomic E-state index is 10.7. The van der Waals surface area contributed by atoms with Crippen molar-refractivity contribution in [2.24, 2.45) is 0 Å². The molecule has 0 unspecified atom stereocenters. The number of hydrogen-bond donors (Lipinski definition) is 1. The third-order valence-corrected chi connectivity index (χ3v) is 3.39. The number of benzene rings is 1. The number of non-ortho nitro benzene ring substituents is 1. The van der Waals surface area contributed by atoms with E-state index in [9.17, 15) is 10.1 Å². The highest BCUT2D eigenvalue weighted by atomic mass is 16.6. The van der Waals surface area contributed by atoms with Crippen LogP contribution in [0.3, 0.4) is 0 Å². The molecule has 0 aromatic heterocycles. The maximum Gasteiger partial charge on any atom is 0.273 e. The molecular formula is C12H16N2O3. The van der Waals surface area contributed by atoms with Crippen LogP contribution in [0.4, 0.5) is 5.69 Å². The summed E-state index contributed by atoms with van der Waals surface area (Å²) in [6.45, 7) is 0. The molecule has 0 spiro atoms. The fraction of sp³-hybridized carbons (Fsp3) is 0.500. The summed E-state index contributed by atoms with van der Waals surface area (Å²) in [6.07, 6.45) is 3.14. The Hall–Kier alpha value is -1.62. The minimum Gasteiger partial charge on any atom is -0.496 e.